The smallest absolute Gasteiger partial charge is 0.346 e. The summed E-state index contributed by atoms with van der Waals surface area (Å²) < 4.78 is 196. The summed E-state index contributed by atoms with van der Waals surface area (Å²) in [5.41, 5.74) is -5.38. The number of halogens is 11. The third kappa shape index (κ3) is 9.40. The minimum Gasteiger partial charge on any atom is -0.346 e. The van der Waals surface area contributed by atoms with E-state index in [0.717, 1.165) is 36.6 Å². The zero-order valence-corrected chi connectivity index (χ0v) is 36.2. The number of benzene rings is 2. The zero-order valence-electron chi connectivity index (χ0n) is 33.8. The van der Waals surface area contributed by atoms with Crippen molar-refractivity contribution in [1.82, 2.24) is 29.9 Å². The van der Waals surface area contributed by atoms with Crippen LogP contribution in [-0.2, 0) is 56.3 Å². The molecule has 0 unspecified atom stereocenters. The number of hydrogen-bond donors (Lipinski definition) is 2. The van der Waals surface area contributed by atoms with Crippen molar-refractivity contribution in [3.63, 3.8) is 0 Å². The first-order valence-corrected chi connectivity index (χ1v) is 23.0. The predicted octanol–water partition coefficient (Wildman–Crippen LogP) is 7.83. The summed E-state index contributed by atoms with van der Waals surface area (Å²) >= 11 is 6.46. The van der Waals surface area contributed by atoms with Crippen LogP contribution in [0, 0.1) is 29.4 Å². The highest BCUT2D eigenvalue weighted by Gasteiger charge is 2.61. The number of rotatable bonds is 11. The summed E-state index contributed by atoms with van der Waals surface area (Å²) in [4.78, 5) is 18.6. The first-order valence-electron chi connectivity index (χ1n) is 18.8. The van der Waals surface area contributed by atoms with E-state index < -0.39 is 126 Å². The number of amides is 1. The van der Waals surface area contributed by atoms with Gasteiger partial charge in [0.25, 0.3) is 5.92 Å². The van der Waals surface area contributed by atoms with Gasteiger partial charge in [-0.3, -0.25) is 18.9 Å². The topological polar surface area (TPSA) is 158 Å². The molecule has 3 heterocycles. The van der Waals surface area contributed by atoms with E-state index in [1.54, 1.807) is 0 Å². The molecule has 0 saturated carbocycles. The van der Waals surface area contributed by atoms with Gasteiger partial charge in [-0.05, 0) is 62.1 Å². The van der Waals surface area contributed by atoms with Crippen molar-refractivity contribution in [1.29, 1.82) is 0 Å². The number of nitrogens with one attached hydrogen (secondary N) is 2. The normalized spacial score (nSPS) is 17.5. The maximum absolute atomic E-state index is 15.7. The second-order valence-electron chi connectivity index (χ2n) is 15.9. The number of carbonyl (C=O) groups excluding carboxylic acids is 1. The van der Waals surface area contributed by atoms with Crippen molar-refractivity contribution in [2.75, 3.05) is 17.2 Å². The quantitative estimate of drug-likeness (QED) is 0.0771. The molecule has 7 rings (SSSR count). The maximum Gasteiger partial charge on any atom is 0.435 e. The molecule has 0 radical (unpaired) electrons. The third-order valence-corrected chi connectivity index (χ3v) is 13.5. The van der Waals surface area contributed by atoms with Gasteiger partial charge in [-0.1, -0.05) is 35.7 Å². The van der Waals surface area contributed by atoms with Gasteiger partial charge in [0.1, 0.15) is 40.9 Å². The van der Waals surface area contributed by atoms with Crippen LogP contribution < -0.4 is 10.0 Å². The van der Waals surface area contributed by atoms with Crippen molar-refractivity contribution in [3.8, 4) is 23.0 Å². The average molecular weight is 980 g/mol. The SMILES string of the molecule is CC(C)(C#Cc1ccc(-c2ccc(Cl)c3c(NS(C)(=O)=O)nn(CC(F)(F)F)c23)c([C@H](Cc2cc(F)cc(F)c2)NC(=O)Cn2nc(C(F)(F)F)c3c2C(F)(F)[C@@H]2C=C[C@H]32)n1)S(C)(=O)=O. The lowest BCUT2D eigenvalue weighted by Gasteiger charge is -2.27. The summed E-state index contributed by atoms with van der Waals surface area (Å²) in [6.07, 6.45) is -7.10. The number of nitrogens with zero attached hydrogens (tertiary/aromatic N) is 5. The molecule has 2 N–H and O–H groups in total. The molecule has 25 heteroatoms. The summed E-state index contributed by atoms with van der Waals surface area (Å²) in [7, 11) is -8.07. The van der Waals surface area contributed by atoms with Gasteiger partial charge in [0.05, 0.1) is 39.8 Å². The molecule has 2 aromatic carbocycles. The fraction of sp³-hybridized carbons (Fsp3) is 0.350. The van der Waals surface area contributed by atoms with Crippen LogP contribution in [0.3, 0.4) is 0 Å². The van der Waals surface area contributed by atoms with Gasteiger partial charge < -0.3 is 5.32 Å². The number of hydrogen-bond acceptors (Lipinski definition) is 8. The Morgan fingerprint density at radius 2 is 1.57 bits per heavy atom. The monoisotopic (exact) mass is 979 g/mol. The molecule has 346 valence electrons. The molecular formula is C40H32ClF10N7O5S2. The minimum atomic E-state index is -5.23. The van der Waals surface area contributed by atoms with Gasteiger partial charge in [-0.25, -0.2) is 30.6 Å². The predicted molar refractivity (Wildman–Crippen MR) is 216 cm³/mol. The number of carbonyl (C=O) groups is 1. The third-order valence-electron chi connectivity index (χ3n) is 10.6. The van der Waals surface area contributed by atoms with Crippen LogP contribution in [0.5, 0.6) is 0 Å². The first-order chi connectivity index (χ1) is 29.8. The van der Waals surface area contributed by atoms with Crippen molar-refractivity contribution in [3.05, 3.63) is 105 Å². The van der Waals surface area contributed by atoms with Gasteiger partial charge in [-0.15, -0.1) is 0 Å². The molecule has 5 aromatic rings. The Bertz CT molecular complexity index is 3100. The molecule has 0 spiro atoms. The van der Waals surface area contributed by atoms with Crippen LogP contribution in [-0.4, -0.2) is 70.7 Å². The van der Waals surface area contributed by atoms with Crippen molar-refractivity contribution < 1.29 is 65.5 Å². The summed E-state index contributed by atoms with van der Waals surface area (Å²) in [5.74, 6) is -5.96. The van der Waals surface area contributed by atoms with Gasteiger partial charge in [-0.2, -0.15) is 45.3 Å². The number of pyridine rings is 1. The van der Waals surface area contributed by atoms with Gasteiger partial charge in [0.15, 0.2) is 21.3 Å². The maximum atomic E-state index is 15.7. The van der Waals surface area contributed by atoms with E-state index in [1.165, 1.54) is 32.0 Å². The number of alkyl halides is 8. The van der Waals surface area contributed by atoms with Crippen LogP contribution in [0.4, 0.5) is 49.7 Å². The Kier molecular flexibility index (Phi) is 11.7. The van der Waals surface area contributed by atoms with E-state index >= 15 is 8.78 Å². The molecule has 0 aliphatic heterocycles. The van der Waals surface area contributed by atoms with E-state index in [4.69, 9.17) is 11.6 Å². The minimum absolute atomic E-state index is 0.199. The molecule has 3 aromatic heterocycles. The van der Waals surface area contributed by atoms with Crippen LogP contribution in [0.25, 0.3) is 22.0 Å². The zero-order chi connectivity index (χ0) is 48.0. The van der Waals surface area contributed by atoms with E-state index in [0.29, 0.717) is 17.0 Å². The molecule has 1 amide bonds. The van der Waals surface area contributed by atoms with Crippen LogP contribution >= 0.6 is 11.6 Å². The number of allylic oxidation sites excluding steroid dienone is 2. The molecular weight excluding hydrogens is 948 g/mol. The summed E-state index contributed by atoms with van der Waals surface area (Å²) in [6.45, 7) is -0.583. The average Bonchev–Trinajstić information content (AvgIpc) is 3.70. The lowest BCUT2D eigenvalue weighted by molar-refractivity contribution is -0.143. The summed E-state index contributed by atoms with van der Waals surface area (Å²) in [5, 5.41) is 9.01. The lowest BCUT2D eigenvalue weighted by Crippen LogP contribution is -2.36. The standard InChI is InChI=1S/C40H32ClF10N7O5S2/c1-37(2,64(3,60)61)12-11-22-5-6-23(24-8-10-27(41)31-33(24)58(18-38(44,45)46)55-36(31)56-65(4,62)63)32(52-22)28(15-19-13-20(42)16-21(43)14-19)53-29(59)17-57-35-30(34(54-57)40(49,50)51)25-7-9-26(25)39(35,47)48/h5-10,13-14,16,25-26,28H,15,17-18H2,1-4H3,(H,53,59)(H,55,56)/t25-,26+,28-/m0/s1. The number of sulfonamides is 1. The van der Waals surface area contributed by atoms with Crippen molar-refractivity contribution in [2.45, 2.75) is 68.3 Å². The van der Waals surface area contributed by atoms with Gasteiger partial charge in [0.2, 0.25) is 15.9 Å². The van der Waals surface area contributed by atoms with Crippen molar-refractivity contribution in [2.24, 2.45) is 5.92 Å². The van der Waals surface area contributed by atoms with Crippen LogP contribution in [0.15, 0.2) is 54.6 Å². The molecule has 65 heavy (non-hydrogen) atoms. The Labute approximate surface area is 368 Å². The second kappa shape index (κ2) is 16.0. The number of anilines is 1. The van der Waals surface area contributed by atoms with E-state index in [-0.39, 0.29) is 43.2 Å². The largest absolute Gasteiger partial charge is 0.435 e. The van der Waals surface area contributed by atoms with Gasteiger partial charge in [0, 0.05) is 34.9 Å². The Balaban J connectivity index is 1.45. The van der Waals surface area contributed by atoms with Crippen molar-refractivity contribution >= 4 is 54.1 Å². The fourth-order valence-corrected chi connectivity index (χ4v) is 8.48. The number of fused-ring (bicyclic) bond motifs is 4. The Morgan fingerprint density at radius 1 is 0.923 bits per heavy atom. The van der Waals surface area contributed by atoms with E-state index in [9.17, 15) is 56.8 Å². The molecule has 12 nitrogen and oxygen atoms in total. The van der Waals surface area contributed by atoms with Crippen LogP contribution in [0.1, 0.15) is 59.7 Å². The molecule has 0 saturated heterocycles. The highest BCUT2D eigenvalue weighted by molar-refractivity contribution is 7.92. The van der Waals surface area contributed by atoms with Gasteiger partial charge >= 0.3 is 12.4 Å². The molecule has 0 fully saturated rings. The number of aromatic nitrogens is 5. The second-order valence-corrected chi connectivity index (χ2v) is 20.6. The Morgan fingerprint density at radius 3 is 2.14 bits per heavy atom. The summed E-state index contributed by atoms with van der Waals surface area (Å²) in [6, 6.07) is 5.21. The van der Waals surface area contributed by atoms with E-state index in [1.807, 2.05) is 4.72 Å². The molecule has 0 bridgehead atoms. The molecule has 2 aliphatic carbocycles. The highest BCUT2D eigenvalue weighted by atomic mass is 35.5. The molecule has 2 aliphatic rings. The highest BCUT2D eigenvalue weighted by Crippen LogP contribution is 2.60. The molecule has 3 atom stereocenters. The fourth-order valence-electron chi connectivity index (χ4n) is 7.51. The number of sulfone groups is 1. The van der Waals surface area contributed by atoms with E-state index in [2.05, 4.69) is 32.3 Å². The lowest BCUT2D eigenvalue weighted by atomic mass is 9.81. The Hall–Kier alpha value is -5.67. The van der Waals surface area contributed by atoms with Crippen LogP contribution in [0.2, 0.25) is 5.02 Å². The first kappa shape index (κ1) is 47.3.